The predicted molar refractivity (Wildman–Crippen MR) is 74.3 cm³/mol. The second-order valence-corrected chi connectivity index (χ2v) is 7.38. The summed E-state index contributed by atoms with van der Waals surface area (Å²) in [6.45, 7) is 4.10. The molecule has 1 N–H and O–H groups in total. The second-order valence-electron chi connectivity index (χ2n) is 5.16. The minimum atomic E-state index is -2.85. The van der Waals surface area contributed by atoms with E-state index < -0.39 is 9.84 Å². The number of aromatic nitrogens is 3. The molecule has 0 saturated carbocycles. The molecule has 1 fully saturated rings. The zero-order chi connectivity index (χ0) is 14.3. The van der Waals surface area contributed by atoms with Crippen molar-refractivity contribution >= 4 is 26.9 Å². The molecule has 0 radical (unpaired) electrons. The molecule has 2 aromatic heterocycles. The van der Waals surface area contributed by atoms with E-state index in [1.165, 1.54) is 0 Å². The van der Waals surface area contributed by atoms with Crippen LogP contribution in [0.1, 0.15) is 18.1 Å². The molecule has 1 aliphatic rings. The SMILES string of the molecule is Cc1nc(NCC2CCS(=O)(=O)C2)c2nc(C)oc2n1. The molecule has 1 aliphatic heterocycles. The maximum atomic E-state index is 11.4. The predicted octanol–water partition coefficient (Wildman–Crippen LogP) is 1.08. The first kappa shape index (κ1) is 13.3. The van der Waals surface area contributed by atoms with Gasteiger partial charge in [0.1, 0.15) is 5.82 Å². The van der Waals surface area contributed by atoms with Gasteiger partial charge in [0.15, 0.2) is 27.1 Å². The number of anilines is 1. The van der Waals surface area contributed by atoms with E-state index >= 15 is 0 Å². The van der Waals surface area contributed by atoms with Gasteiger partial charge >= 0.3 is 0 Å². The molecule has 0 aromatic carbocycles. The molecule has 108 valence electrons. The summed E-state index contributed by atoms with van der Waals surface area (Å²) < 4.78 is 28.3. The van der Waals surface area contributed by atoms with E-state index in [0.29, 0.717) is 41.7 Å². The minimum absolute atomic E-state index is 0.123. The van der Waals surface area contributed by atoms with Crippen LogP contribution in [0, 0.1) is 19.8 Å². The van der Waals surface area contributed by atoms with Crippen LogP contribution in [0.5, 0.6) is 0 Å². The number of nitrogens with zero attached hydrogens (tertiary/aromatic N) is 3. The van der Waals surface area contributed by atoms with Gasteiger partial charge in [0.05, 0.1) is 11.5 Å². The van der Waals surface area contributed by atoms with Gasteiger partial charge in [-0.1, -0.05) is 0 Å². The molecule has 3 heterocycles. The molecule has 0 amide bonds. The number of aryl methyl sites for hydroxylation is 2. The van der Waals surface area contributed by atoms with Crippen molar-refractivity contribution in [3.8, 4) is 0 Å². The molecule has 1 unspecified atom stereocenters. The van der Waals surface area contributed by atoms with Crippen molar-refractivity contribution in [1.29, 1.82) is 0 Å². The van der Waals surface area contributed by atoms with Crippen LogP contribution in [0.25, 0.3) is 11.2 Å². The van der Waals surface area contributed by atoms with Crippen LogP contribution in [0.3, 0.4) is 0 Å². The van der Waals surface area contributed by atoms with Crippen LogP contribution < -0.4 is 5.32 Å². The minimum Gasteiger partial charge on any atom is -0.422 e. The van der Waals surface area contributed by atoms with E-state index in [2.05, 4.69) is 20.3 Å². The van der Waals surface area contributed by atoms with Gasteiger partial charge in [-0.15, -0.1) is 0 Å². The molecule has 1 atom stereocenters. The van der Waals surface area contributed by atoms with E-state index in [1.807, 2.05) is 0 Å². The molecular weight excluding hydrogens is 280 g/mol. The summed E-state index contributed by atoms with van der Waals surface area (Å²) in [7, 11) is -2.85. The Morgan fingerprint density at radius 2 is 2.10 bits per heavy atom. The summed E-state index contributed by atoms with van der Waals surface area (Å²) in [6, 6.07) is 0. The number of oxazole rings is 1. The molecule has 2 aromatic rings. The number of fused-ring (bicyclic) bond motifs is 1. The normalized spacial score (nSPS) is 21.4. The first-order valence-electron chi connectivity index (χ1n) is 6.49. The Hall–Kier alpha value is -1.70. The lowest BCUT2D eigenvalue weighted by Gasteiger charge is -2.10. The van der Waals surface area contributed by atoms with E-state index in [1.54, 1.807) is 13.8 Å². The standard InChI is InChI=1S/C12H16N4O3S/c1-7-14-11(10-12(15-7)19-8(2)16-10)13-5-9-3-4-20(17,18)6-9/h9H,3-6H2,1-2H3,(H,13,14,15). The quantitative estimate of drug-likeness (QED) is 0.905. The van der Waals surface area contributed by atoms with Crippen molar-refractivity contribution in [3.63, 3.8) is 0 Å². The Labute approximate surface area is 116 Å². The van der Waals surface area contributed by atoms with Gasteiger partial charge in [0.25, 0.3) is 5.71 Å². The van der Waals surface area contributed by atoms with E-state index in [4.69, 9.17) is 4.42 Å². The van der Waals surface area contributed by atoms with Crippen LogP contribution >= 0.6 is 0 Å². The fourth-order valence-electron chi connectivity index (χ4n) is 2.43. The maximum absolute atomic E-state index is 11.4. The van der Waals surface area contributed by atoms with Crippen molar-refractivity contribution in [3.05, 3.63) is 11.7 Å². The smallest absolute Gasteiger partial charge is 0.252 e. The Kier molecular flexibility index (Phi) is 3.12. The Bertz CT molecular complexity index is 753. The zero-order valence-electron chi connectivity index (χ0n) is 11.4. The lowest BCUT2D eigenvalue weighted by Crippen LogP contribution is -2.16. The first-order valence-corrected chi connectivity index (χ1v) is 8.31. The summed E-state index contributed by atoms with van der Waals surface area (Å²) in [4.78, 5) is 12.8. The topological polar surface area (TPSA) is 98.0 Å². The Morgan fingerprint density at radius 3 is 2.80 bits per heavy atom. The second kappa shape index (κ2) is 4.69. The number of sulfone groups is 1. The summed E-state index contributed by atoms with van der Waals surface area (Å²) in [5.74, 6) is 2.37. The van der Waals surface area contributed by atoms with E-state index in [9.17, 15) is 8.42 Å². The molecule has 8 heteroatoms. The molecule has 7 nitrogen and oxygen atoms in total. The maximum Gasteiger partial charge on any atom is 0.252 e. The van der Waals surface area contributed by atoms with Gasteiger partial charge < -0.3 is 9.73 Å². The van der Waals surface area contributed by atoms with Crippen molar-refractivity contribution in [1.82, 2.24) is 15.0 Å². The molecule has 0 aliphatic carbocycles. The van der Waals surface area contributed by atoms with Gasteiger partial charge in [-0.05, 0) is 19.3 Å². The summed E-state index contributed by atoms with van der Waals surface area (Å²) in [5.41, 5.74) is 1.05. The summed E-state index contributed by atoms with van der Waals surface area (Å²) >= 11 is 0. The Balaban J connectivity index is 1.81. The third-order valence-corrected chi connectivity index (χ3v) is 5.20. The number of rotatable bonds is 3. The molecule has 20 heavy (non-hydrogen) atoms. The third-order valence-electron chi connectivity index (χ3n) is 3.36. The van der Waals surface area contributed by atoms with Crippen LogP contribution in [-0.2, 0) is 9.84 Å². The number of nitrogens with one attached hydrogen (secondary N) is 1. The van der Waals surface area contributed by atoms with Crippen LogP contribution in [0.15, 0.2) is 4.42 Å². The molecule has 3 rings (SSSR count). The van der Waals surface area contributed by atoms with Crippen molar-refractivity contribution in [2.75, 3.05) is 23.4 Å². The highest BCUT2D eigenvalue weighted by molar-refractivity contribution is 7.91. The third kappa shape index (κ3) is 2.60. The Morgan fingerprint density at radius 1 is 1.30 bits per heavy atom. The zero-order valence-corrected chi connectivity index (χ0v) is 12.2. The first-order chi connectivity index (χ1) is 9.43. The van der Waals surface area contributed by atoms with Gasteiger partial charge in [-0.2, -0.15) is 4.98 Å². The lowest BCUT2D eigenvalue weighted by molar-refractivity contribution is 0.550. The van der Waals surface area contributed by atoms with Crippen molar-refractivity contribution in [2.24, 2.45) is 5.92 Å². The van der Waals surface area contributed by atoms with E-state index in [-0.39, 0.29) is 17.4 Å². The summed E-state index contributed by atoms with van der Waals surface area (Å²) in [6.07, 6.45) is 0.695. The van der Waals surface area contributed by atoms with Gasteiger partial charge in [-0.3, -0.25) is 0 Å². The fourth-order valence-corrected chi connectivity index (χ4v) is 4.29. The average molecular weight is 296 g/mol. The highest BCUT2D eigenvalue weighted by Crippen LogP contribution is 2.23. The molecular formula is C12H16N4O3S. The fraction of sp³-hybridized carbons (Fsp3) is 0.583. The average Bonchev–Trinajstić information content (AvgIpc) is 2.88. The highest BCUT2D eigenvalue weighted by Gasteiger charge is 2.27. The van der Waals surface area contributed by atoms with E-state index in [0.717, 1.165) is 0 Å². The monoisotopic (exact) mass is 296 g/mol. The van der Waals surface area contributed by atoms with Gasteiger partial charge in [-0.25, -0.2) is 18.4 Å². The van der Waals surface area contributed by atoms with Crippen LogP contribution in [-0.4, -0.2) is 41.4 Å². The lowest BCUT2D eigenvalue weighted by atomic mass is 10.1. The summed E-state index contributed by atoms with van der Waals surface area (Å²) in [5, 5.41) is 3.18. The van der Waals surface area contributed by atoms with Crippen molar-refractivity contribution < 1.29 is 12.8 Å². The molecule has 0 bridgehead atoms. The molecule has 1 saturated heterocycles. The van der Waals surface area contributed by atoms with Gasteiger partial charge in [0, 0.05) is 13.5 Å². The largest absolute Gasteiger partial charge is 0.422 e. The number of hydrogen-bond acceptors (Lipinski definition) is 7. The highest BCUT2D eigenvalue weighted by atomic mass is 32.2. The van der Waals surface area contributed by atoms with Gasteiger partial charge in [0.2, 0.25) is 0 Å². The van der Waals surface area contributed by atoms with Crippen molar-refractivity contribution in [2.45, 2.75) is 20.3 Å². The number of hydrogen-bond donors (Lipinski definition) is 1. The van der Waals surface area contributed by atoms with Crippen LogP contribution in [0.4, 0.5) is 5.82 Å². The van der Waals surface area contributed by atoms with Crippen LogP contribution in [0.2, 0.25) is 0 Å². The molecule has 0 spiro atoms.